The summed E-state index contributed by atoms with van der Waals surface area (Å²) in [6, 6.07) is 3.43. The lowest BCUT2D eigenvalue weighted by Gasteiger charge is -2.15. The van der Waals surface area contributed by atoms with E-state index in [1.54, 1.807) is 6.07 Å². The van der Waals surface area contributed by atoms with Crippen LogP contribution >= 0.6 is 11.3 Å². The monoisotopic (exact) mass is 404 g/mol. The number of hydrogen-bond acceptors (Lipinski definition) is 4. The molecule has 1 heterocycles. The Kier molecular flexibility index (Phi) is 5.07. The SMILES string of the molecule is CNCc1csc(S(N)(=O)=NC(=O)Nc2c3c(cc4c2CCC4)CCC3)c1. The predicted octanol–water partition coefficient (Wildman–Crippen LogP) is 3.38. The number of benzene rings is 1. The summed E-state index contributed by atoms with van der Waals surface area (Å²) < 4.78 is 17.1. The molecule has 27 heavy (non-hydrogen) atoms. The highest BCUT2D eigenvalue weighted by Gasteiger charge is 2.25. The van der Waals surface area contributed by atoms with Crippen LogP contribution in [0.2, 0.25) is 0 Å². The van der Waals surface area contributed by atoms with Crippen LogP contribution in [-0.2, 0) is 42.1 Å². The summed E-state index contributed by atoms with van der Waals surface area (Å²) in [6.45, 7) is 0.653. The molecule has 0 bridgehead atoms. The maximum atomic E-state index is 12.8. The minimum absolute atomic E-state index is 0.423. The van der Waals surface area contributed by atoms with Gasteiger partial charge in [0, 0.05) is 12.2 Å². The van der Waals surface area contributed by atoms with Crippen LogP contribution in [-0.4, -0.2) is 17.3 Å². The van der Waals surface area contributed by atoms with Crippen LogP contribution in [0.5, 0.6) is 0 Å². The fourth-order valence-electron chi connectivity index (χ4n) is 4.07. The third-order valence-corrected chi connectivity index (χ3v) is 8.13. The maximum Gasteiger partial charge on any atom is 0.354 e. The molecule has 1 atom stereocenters. The normalized spacial score (nSPS) is 17.3. The topological polar surface area (TPSA) is 96.6 Å². The van der Waals surface area contributed by atoms with Crippen molar-refractivity contribution in [3.8, 4) is 0 Å². The first-order chi connectivity index (χ1) is 13.0. The number of thiophene rings is 1. The van der Waals surface area contributed by atoms with Gasteiger partial charge >= 0.3 is 6.03 Å². The highest BCUT2D eigenvalue weighted by Crippen LogP contribution is 2.38. The molecule has 2 aliphatic carbocycles. The van der Waals surface area contributed by atoms with Gasteiger partial charge in [-0.2, -0.15) is 0 Å². The molecule has 0 aliphatic heterocycles. The molecule has 2 aliphatic rings. The molecular weight excluding hydrogens is 380 g/mol. The van der Waals surface area contributed by atoms with Crippen LogP contribution in [0.4, 0.5) is 10.5 Å². The number of urea groups is 1. The number of nitrogens with one attached hydrogen (secondary N) is 2. The molecule has 6 nitrogen and oxygen atoms in total. The minimum Gasteiger partial charge on any atom is -0.316 e. The number of carbonyl (C=O) groups is 1. The smallest absolute Gasteiger partial charge is 0.316 e. The standard InChI is InChI=1S/C19H24N4O2S2/c1-21-10-12-8-17(26-11-12)27(20,25)23-19(24)22-18-15-6-2-4-13(15)9-14-5-3-7-16(14)18/h8-9,11,21H,2-7,10H2,1H3,(H3,20,22,23,24,25). The molecule has 0 saturated carbocycles. The van der Waals surface area contributed by atoms with Gasteiger partial charge in [0.2, 0.25) is 0 Å². The molecule has 8 heteroatoms. The summed E-state index contributed by atoms with van der Waals surface area (Å²) in [5.41, 5.74) is 6.96. The number of rotatable bonds is 4. The van der Waals surface area contributed by atoms with Crippen molar-refractivity contribution in [2.45, 2.75) is 49.3 Å². The Morgan fingerprint density at radius 2 is 1.85 bits per heavy atom. The van der Waals surface area contributed by atoms with Crippen molar-refractivity contribution in [3.63, 3.8) is 0 Å². The Morgan fingerprint density at radius 1 is 1.19 bits per heavy atom. The molecule has 2 aromatic rings. The van der Waals surface area contributed by atoms with E-state index in [4.69, 9.17) is 5.14 Å². The quantitative estimate of drug-likeness (QED) is 0.729. The van der Waals surface area contributed by atoms with Gasteiger partial charge in [-0.25, -0.2) is 14.1 Å². The predicted molar refractivity (Wildman–Crippen MR) is 110 cm³/mol. The fraction of sp³-hybridized carbons (Fsp3) is 0.421. The van der Waals surface area contributed by atoms with Crippen molar-refractivity contribution in [2.75, 3.05) is 12.4 Å². The van der Waals surface area contributed by atoms with Crippen molar-refractivity contribution >= 4 is 33.0 Å². The van der Waals surface area contributed by atoms with E-state index in [1.165, 1.54) is 33.6 Å². The van der Waals surface area contributed by atoms with Crippen LogP contribution in [0.25, 0.3) is 0 Å². The lowest BCUT2D eigenvalue weighted by molar-refractivity contribution is 0.260. The summed E-state index contributed by atoms with van der Waals surface area (Å²) in [5, 5.41) is 13.8. The molecule has 0 radical (unpaired) electrons. The average Bonchev–Trinajstić information content (AvgIpc) is 3.34. The molecule has 0 spiro atoms. The van der Waals surface area contributed by atoms with Gasteiger partial charge in [0.05, 0.1) is 0 Å². The molecule has 4 rings (SSSR count). The Morgan fingerprint density at radius 3 is 2.48 bits per heavy atom. The van der Waals surface area contributed by atoms with Gasteiger partial charge in [0.25, 0.3) is 0 Å². The van der Waals surface area contributed by atoms with Gasteiger partial charge in [0.15, 0.2) is 9.92 Å². The third kappa shape index (κ3) is 3.67. The summed E-state index contributed by atoms with van der Waals surface area (Å²) >= 11 is 1.27. The Balaban J connectivity index is 1.63. The first-order valence-electron chi connectivity index (χ1n) is 9.22. The molecule has 144 valence electrons. The van der Waals surface area contributed by atoms with E-state index in [-0.39, 0.29) is 0 Å². The van der Waals surface area contributed by atoms with Crippen molar-refractivity contribution < 1.29 is 9.00 Å². The molecule has 0 saturated heterocycles. The van der Waals surface area contributed by atoms with Gasteiger partial charge in [-0.05, 0) is 84.8 Å². The minimum atomic E-state index is -3.25. The van der Waals surface area contributed by atoms with E-state index in [2.05, 4.69) is 21.1 Å². The highest BCUT2D eigenvalue weighted by molar-refractivity contribution is 7.93. The zero-order valence-electron chi connectivity index (χ0n) is 15.3. The second kappa shape index (κ2) is 7.35. The number of anilines is 1. The lowest BCUT2D eigenvalue weighted by atomic mass is 9.99. The maximum absolute atomic E-state index is 12.8. The van der Waals surface area contributed by atoms with Crippen LogP contribution < -0.4 is 15.8 Å². The average molecular weight is 405 g/mol. The number of aryl methyl sites for hydroxylation is 2. The lowest BCUT2D eigenvalue weighted by Crippen LogP contribution is -2.18. The molecule has 1 aromatic heterocycles. The van der Waals surface area contributed by atoms with Crippen molar-refractivity contribution in [2.24, 2.45) is 9.50 Å². The summed E-state index contributed by atoms with van der Waals surface area (Å²) in [6.07, 6.45) is 6.26. The summed E-state index contributed by atoms with van der Waals surface area (Å²) in [5.74, 6) is 0. The highest BCUT2D eigenvalue weighted by atomic mass is 32.2. The van der Waals surface area contributed by atoms with E-state index in [0.717, 1.165) is 49.8 Å². The van der Waals surface area contributed by atoms with Crippen LogP contribution in [0.3, 0.4) is 0 Å². The number of carbonyl (C=O) groups excluding carboxylic acids is 1. The van der Waals surface area contributed by atoms with Crippen LogP contribution in [0, 0.1) is 0 Å². The number of amides is 2. The molecule has 4 N–H and O–H groups in total. The third-order valence-electron chi connectivity index (χ3n) is 5.22. The van der Waals surface area contributed by atoms with E-state index >= 15 is 0 Å². The molecule has 2 amide bonds. The number of nitrogens with zero attached hydrogens (tertiary/aromatic N) is 1. The zero-order chi connectivity index (χ0) is 19.0. The summed E-state index contributed by atoms with van der Waals surface area (Å²) in [4.78, 5) is 12.6. The van der Waals surface area contributed by atoms with Gasteiger partial charge in [-0.15, -0.1) is 15.7 Å². The van der Waals surface area contributed by atoms with E-state index < -0.39 is 15.9 Å². The van der Waals surface area contributed by atoms with Crippen molar-refractivity contribution in [1.82, 2.24) is 5.32 Å². The first-order valence-corrected chi connectivity index (χ1v) is 11.7. The van der Waals surface area contributed by atoms with E-state index in [0.29, 0.717) is 10.8 Å². The van der Waals surface area contributed by atoms with Crippen LogP contribution in [0.15, 0.2) is 26.1 Å². The summed E-state index contributed by atoms with van der Waals surface area (Å²) in [7, 11) is -1.41. The molecular formula is C19H24N4O2S2. The number of hydrogen-bond donors (Lipinski definition) is 3. The largest absolute Gasteiger partial charge is 0.354 e. The Hall–Kier alpha value is -1.74. The second-order valence-corrected chi connectivity index (χ2v) is 10.1. The van der Waals surface area contributed by atoms with E-state index in [9.17, 15) is 9.00 Å². The molecule has 1 aromatic carbocycles. The Labute approximate surface area is 163 Å². The second-order valence-electron chi connectivity index (χ2n) is 7.13. The Bertz CT molecular complexity index is 987. The van der Waals surface area contributed by atoms with Gasteiger partial charge < -0.3 is 10.6 Å². The van der Waals surface area contributed by atoms with Gasteiger partial charge in [-0.3, -0.25) is 0 Å². The van der Waals surface area contributed by atoms with Crippen LogP contribution in [0.1, 0.15) is 40.7 Å². The number of fused-ring (bicyclic) bond motifs is 2. The zero-order valence-corrected chi connectivity index (χ0v) is 17.0. The van der Waals surface area contributed by atoms with Gasteiger partial charge in [-0.1, -0.05) is 6.07 Å². The van der Waals surface area contributed by atoms with Crippen molar-refractivity contribution in [3.05, 3.63) is 45.3 Å². The molecule has 0 fully saturated rings. The fourth-order valence-corrected chi connectivity index (χ4v) is 6.22. The van der Waals surface area contributed by atoms with Gasteiger partial charge in [0.1, 0.15) is 4.21 Å². The first kappa shape index (κ1) is 18.6. The van der Waals surface area contributed by atoms with E-state index in [1.807, 2.05) is 12.4 Å². The van der Waals surface area contributed by atoms with Crippen molar-refractivity contribution in [1.29, 1.82) is 0 Å². The molecule has 1 unspecified atom stereocenters. The number of nitrogens with two attached hydrogens (primary N) is 1.